The second-order valence-corrected chi connectivity index (χ2v) is 5.55. The Morgan fingerprint density at radius 3 is 2.11 bits per heavy atom. The van der Waals surface area contributed by atoms with Crippen LogP contribution in [0.4, 0.5) is 36.6 Å². The van der Waals surface area contributed by atoms with Crippen molar-refractivity contribution in [3.8, 4) is 16.8 Å². The molecule has 0 spiro atoms. The number of alkyl halides is 6. The first kappa shape index (κ1) is 18.7. The van der Waals surface area contributed by atoms with Crippen molar-refractivity contribution in [2.24, 2.45) is 0 Å². The van der Waals surface area contributed by atoms with Gasteiger partial charge in [-0.15, -0.1) is 0 Å². The van der Waals surface area contributed by atoms with Crippen LogP contribution in [-0.2, 0) is 12.4 Å². The summed E-state index contributed by atoms with van der Waals surface area (Å²) in [6.07, 6.45) is -9.71. The molecular weight excluding hydrogens is 379 g/mol. The van der Waals surface area contributed by atoms with Crippen molar-refractivity contribution in [3.63, 3.8) is 0 Å². The van der Waals surface area contributed by atoms with E-state index in [4.69, 9.17) is 5.73 Å². The van der Waals surface area contributed by atoms with Gasteiger partial charge in [0.2, 0.25) is 0 Å². The van der Waals surface area contributed by atoms with Gasteiger partial charge in [0.25, 0.3) is 0 Å². The van der Waals surface area contributed by atoms with Gasteiger partial charge in [-0.05, 0) is 24.3 Å². The molecule has 142 valence electrons. The molecule has 0 bridgehead atoms. The molecule has 0 saturated heterocycles. The Morgan fingerprint density at radius 2 is 1.52 bits per heavy atom. The zero-order valence-electron chi connectivity index (χ0n) is 13.2. The Balaban J connectivity index is 2.27. The third-order valence-electron chi connectivity index (χ3n) is 3.75. The number of anilines is 1. The van der Waals surface area contributed by atoms with Crippen molar-refractivity contribution >= 4 is 5.82 Å². The lowest BCUT2D eigenvalue weighted by atomic mass is 10.0. The van der Waals surface area contributed by atoms with Crippen LogP contribution in [0.2, 0.25) is 0 Å². The van der Waals surface area contributed by atoms with Gasteiger partial charge >= 0.3 is 12.4 Å². The highest BCUT2D eigenvalue weighted by Gasteiger charge is 2.40. The third-order valence-corrected chi connectivity index (χ3v) is 3.75. The van der Waals surface area contributed by atoms with Gasteiger partial charge < -0.3 is 5.73 Å². The maximum atomic E-state index is 14.0. The van der Waals surface area contributed by atoms with Gasteiger partial charge in [-0.2, -0.15) is 31.4 Å². The fraction of sp³-hybridized carbons (Fsp3) is 0.118. The predicted molar refractivity (Wildman–Crippen MR) is 83.4 cm³/mol. The van der Waals surface area contributed by atoms with Gasteiger partial charge in [0.15, 0.2) is 5.69 Å². The van der Waals surface area contributed by atoms with Crippen LogP contribution in [0.1, 0.15) is 11.3 Å². The van der Waals surface area contributed by atoms with Crippen LogP contribution in [0.15, 0.2) is 48.5 Å². The Hall–Kier alpha value is -3.04. The Kier molecular flexibility index (Phi) is 4.37. The van der Waals surface area contributed by atoms with Crippen molar-refractivity contribution in [1.82, 2.24) is 9.78 Å². The number of nitrogens with zero attached hydrogens (tertiary/aromatic N) is 2. The molecule has 10 heteroatoms. The molecule has 27 heavy (non-hydrogen) atoms. The van der Waals surface area contributed by atoms with Crippen LogP contribution in [0, 0.1) is 5.82 Å². The molecule has 0 fully saturated rings. The summed E-state index contributed by atoms with van der Waals surface area (Å²) >= 11 is 0. The van der Waals surface area contributed by atoms with E-state index in [0.29, 0.717) is 10.7 Å². The van der Waals surface area contributed by atoms with E-state index in [1.807, 2.05) is 0 Å². The van der Waals surface area contributed by atoms with E-state index < -0.39 is 46.4 Å². The molecule has 0 radical (unpaired) electrons. The van der Waals surface area contributed by atoms with Crippen LogP contribution in [0.3, 0.4) is 0 Å². The Morgan fingerprint density at radius 1 is 0.852 bits per heavy atom. The number of rotatable bonds is 2. The number of hydrogen-bond acceptors (Lipinski definition) is 2. The number of halogens is 7. The van der Waals surface area contributed by atoms with E-state index in [-0.39, 0.29) is 5.69 Å². The Bertz CT molecular complexity index is 987. The zero-order valence-corrected chi connectivity index (χ0v) is 13.2. The lowest BCUT2D eigenvalue weighted by Gasteiger charge is -2.10. The molecular formula is C17H10F7N3. The largest absolute Gasteiger partial charge is 0.435 e. The monoisotopic (exact) mass is 389 g/mol. The highest BCUT2D eigenvalue weighted by atomic mass is 19.4. The van der Waals surface area contributed by atoms with Crippen LogP contribution < -0.4 is 5.73 Å². The number of aromatic nitrogens is 2. The second kappa shape index (κ2) is 6.29. The maximum Gasteiger partial charge on any atom is 0.435 e. The second-order valence-electron chi connectivity index (χ2n) is 5.55. The van der Waals surface area contributed by atoms with Gasteiger partial charge in [-0.1, -0.05) is 24.3 Å². The fourth-order valence-corrected chi connectivity index (χ4v) is 2.57. The van der Waals surface area contributed by atoms with Gasteiger partial charge in [-0.3, -0.25) is 0 Å². The van der Waals surface area contributed by atoms with E-state index in [0.717, 1.165) is 30.3 Å². The van der Waals surface area contributed by atoms with E-state index in [1.54, 1.807) is 0 Å². The molecule has 1 aromatic heterocycles. The summed E-state index contributed by atoms with van der Waals surface area (Å²) < 4.78 is 93.4. The first-order valence-corrected chi connectivity index (χ1v) is 7.38. The van der Waals surface area contributed by atoms with Gasteiger partial charge in [0, 0.05) is 5.56 Å². The summed E-state index contributed by atoms with van der Waals surface area (Å²) in [5.41, 5.74) is 1.63. The molecule has 3 aromatic rings. The minimum Gasteiger partial charge on any atom is -0.383 e. The summed E-state index contributed by atoms with van der Waals surface area (Å²) in [6, 6.07) is 8.09. The summed E-state index contributed by atoms with van der Waals surface area (Å²) in [4.78, 5) is 0. The smallest absolute Gasteiger partial charge is 0.383 e. The van der Waals surface area contributed by atoms with Crippen LogP contribution in [0.25, 0.3) is 16.8 Å². The van der Waals surface area contributed by atoms with Crippen molar-refractivity contribution < 1.29 is 30.7 Å². The molecule has 1 heterocycles. The molecule has 0 aliphatic carbocycles. The average molecular weight is 389 g/mol. The van der Waals surface area contributed by atoms with E-state index in [2.05, 4.69) is 5.10 Å². The zero-order chi connectivity index (χ0) is 20.0. The minimum atomic E-state index is -5.00. The molecule has 0 aliphatic rings. The molecule has 0 aliphatic heterocycles. The average Bonchev–Trinajstić information content (AvgIpc) is 2.92. The molecule has 0 amide bonds. The van der Waals surface area contributed by atoms with Gasteiger partial charge in [0.05, 0.1) is 16.8 Å². The quantitative estimate of drug-likeness (QED) is 0.605. The van der Waals surface area contributed by atoms with Crippen LogP contribution >= 0.6 is 0 Å². The summed E-state index contributed by atoms with van der Waals surface area (Å²) in [5.74, 6) is -1.61. The lowest BCUT2D eigenvalue weighted by molar-refractivity contribution is -0.141. The predicted octanol–water partition coefficient (Wildman–Crippen LogP) is 5.30. The topological polar surface area (TPSA) is 43.8 Å². The van der Waals surface area contributed by atoms with Crippen molar-refractivity contribution in [3.05, 3.63) is 65.6 Å². The number of benzene rings is 2. The molecule has 3 nitrogen and oxygen atoms in total. The third kappa shape index (κ3) is 3.46. The van der Waals surface area contributed by atoms with Gasteiger partial charge in [0.1, 0.15) is 11.6 Å². The van der Waals surface area contributed by atoms with E-state index in [9.17, 15) is 30.7 Å². The first-order valence-electron chi connectivity index (χ1n) is 7.38. The molecule has 2 N–H and O–H groups in total. The normalized spacial score (nSPS) is 12.4. The molecule has 0 saturated carbocycles. The molecule has 0 unspecified atom stereocenters. The highest BCUT2D eigenvalue weighted by Crippen LogP contribution is 2.41. The summed E-state index contributed by atoms with van der Waals surface area (Å²) in [5, 5.41) is 3.32. The number of nitrogens with two attached hydrogens (primary N) is 1. The van der Waals surface area contributed by atoms with Crippen LogP contribution in [-0.4, -0.2) is 9.78 Å². The molecule has 3 rings (SSSR count). The van der Waals surface area contributed by atoms with E-state index in [1.165, 1.54) is 12.1 Å². The standard InChI is InChI=1S/C17H10F7N3/c18-12-7-2-1-6-11(12)13-14(17(22,23)24)26-27(15(13)25)10-5-3-4-9(8-10)16(19,20)21/h1-8H,25H2. The van der Waals surface area contributed by atoms with Crippen molar-refractivity contribution in [1.29, 1.82) is 0 Å². The first-order chi connectivity index (χ1) is 12.5. The minimum absolute atomic E-state index is 0.338. The lowest BCUT2D eigenvalue weighted by Crippen LogP contribution is -2.10. The van der Waals surface area contributed by atoms with Gasteiger partial charge in [-0.25, -0.2) is 9.07 Å². The van der Waals surface area contributed by atoms with E-state index >= 15 is 0 Å². The number of hydrogen-bond donors (Lipinski definition) is 1. The molecule has 0 atom stereocenters. The Labute approximate surface area is 147 Å². The van der Waals surface area contributed by atoms with Crippen LogP contribution in [0.5, 0.6) is 0 Å². The number of nitrogen functional groups attached to an aromatic ring is 1. The summed E-state index contributed by atoms with van der Waals surface area (Å²) in [7, 11) is 0. The summed E-state index contributed by atoms with van der Waals surface area (Å²) in [6.45, 7) is 0. The van der Waals surface area contributed by atoms with Crippen molar-refractivity contribution in [2.45, 2.75) is 12.4 Å². The SMILES string of the molecule is Nc1c(-c2ccccc2F)c(C(F)(F)F)nn1-c1cccc(C(F)(F)F)c1. The molecule has 2 aromatic carbocycles. The fourth-order valence-electron chi connectivity index (χ4n) is 2.57. The highest BCUT2D eigenvalue weighted by molar-refractivity contribution is 5.78. The van der Waals surface area contributed by atoms with Crippen molar-refractivity contribution in [2.75, 3.05) is 5.73 Å². The maximum absolute atomic E-state index is 14.0.